The average molecular weight is 437 g/mol. The fourth-order valence-electron chi connectivity index (χ4n) is 2.44. The number of rotatable bonds is 4. The summed E-state index contributed by atoms with van der Waals surface area (Å²) in [5.74, 6) is -1.33. The number of imide groups is 1. The minimum Gasteiger partial charge on any atom is -0.505 e. The van der Waals surface area contributed by atoms with Gasteiger partial charge in [0.05, 0.1) is 15.0 Å². The van der Waals surface area contributed by atoms with Gasteiger partial charge in [0.25, 0.3) is 11.1 Å². The van der Waals surface area contributed by atoms with Gasteiger partial charge < -0.3 is 10.4 Å². The molecule has 0 unspecified atom stereocenters. The molecule has 1 aliphatic rings. The molecule has 2 aromatic rings. The zero-order valence-electron chi connectivity index (χ0n) is 14.5. The zero-order chi connectivity index (χ0) is 20.4. The number of aryl methyl sites for hydroxylation is 1. The maximum Gasteiger partial charge on any atom is 0.294 e. The van der Waals surface area contributed by atoms with Crippen molar-refractivity contribution in [3.05, 3.63) is 62.5 Å². The van der Waals surface area contributed by atoms with Crippen LogP contribution in [0.1, 0.15) is 11.1 Å². The van der Waals surface area contributed by atoms with Gasteiger partial charge in [-0.05, 0) is 54.6 Å². The molecule has 0 atom stereocenters. The Morgan fingerprint density at radius 1 is 1.18 bits per heavy atom. The first kappa shape index (κ1) is 20.3. The Labute approximate surface area is 175 Å². The summed E-state index contributed by atoms with van der Waals surface area (Å²) in [5.41, 5.74) is 2.07. The van der Waals surface area contributed by atoms with Crippen LogP contribution in [0, 0.1) is 6.92 Å². The highest BCUT2D eigenvalue weighted by Crippen LogP contribution is 2.36. The van der Waals surface area contributed by atoms with Crippen molar-refractivity contribution in [3.63, 3.8) is 0 Å². The Balaban J connectivity index is 1.72. The van der Waals surface area contributed by atoms with Gasteiger partial charge in [0.2, 0.25) is 5.91 Å². The van der Waals surface area contributed by atoms with Gasteiger partial charge in [-0.15, -0.1) is 0 Å². The second kappa shape index (κ2) is 8.26. The third kappa shape index (κ3) is 4.49. The number of thioether (sulfide) groups is 1. The first-order chi connectivity index (χ1) is 13.2. The van der Waals surface area contributed by atoms with E-state index in [4.69, 9.17) is 23.2 Å². The van der Waals surface area contributed by atoms with Crippen LogP contribution in [-0.2, 0) is 9.59 Å². The second-order valence-corrected chi connectivity index (χ2v) is 7.82. The molecule has 1 heterocycles. The molecule has 9 heteroatoms. The van der Waals surface area contributed by atoms with Gasteiger partial charge in [0, 0.05) is 5.69 Å². The van der Waals surface area contributed by atoms with Crippen LogP contribution in [0.5, 0.6) is 5.75 Å². The Hall–Kier alpha value is -2.48. The molecule has 0 aromatic heterocycles. The fourth-order valence-corrected chi connectivity index (χ4v) is 3.78. The van der Waals surface area contributed by atoms with Gasteiger partial charge in [0.15, 0.2) is 5.75 Å². The van der Waals surface area contributed by atoms with E-state index in [1.165, 1.54) is 18.2 Å². The van der Waals surface area contributed by atoms with Crippen LogP contribution in [0.25, 0.3) is 6.08 Å². The lowest BCUT2D eigenvalue weighted by molar-refractivity contribution is -0.127. The van der Waals surface area contributed by atoms with Gasteiger partial charge >= 0.3 is 0 Å². The van der Waals surface area contributed by atoms with Crippen molar-refractivity contribution in [3.8, 4) is 5.75 Å². The topological polar surface area (TPSA) is 86.7 Å². The summed E-state index contributed by atoms with van der Waals surface area (Å²) in [6.45, 7) is 1.53. The SMILES string of the molecule is Cc1ccc(NC(=O)CN2C(=O)SC(=Cc3cc(Cl)c(O)c(Cl)c3)C2=O)cc1. The van der Waals surface area contributed by atoms with Gasteiger partial charge in [0.1, 0.15) is 6.54 Å². The van der Waals surface area contributed by atoms with Gasteiger partial charge in [-0.2, -0.15) is 0 Å². The van der Waals surface area contributed by atoms with Crippen LogP contribution >= 0.6 is 35.0 Å². The van der Waals surface area contributed by atoms with E-state index < -0.39 is 23.6 Å². The van der Waals surface area contributed by atoms with Crippen molar-refractivity contribution in [2.24, 2.45) is 0 Å². The van der Waals surface area contributed by atoms with E-state index in [9.17, 15) is 19.5 Å². The number of carbonyl (C=O) groups excluding carboxylic acids is 3. The van der Waals surface area contributed by atoms with Crippen LogP contribution < -0.4 is 5.32 Å². The predicted molar refractivity (Wildman–Crippen MR) is 111 cm³/mol. The summed E-state index contributed by atoms with van der Waals surface area (Å²) in [4.78, 5) is 37.9. The van der Waals surface area contributed by atoms with E-state index >= 15 is 0 Å². The number of nitrogens with zero attached hydrogens (tertiary/aromatic N) is 1. The lowest BCUT2D eigenvalue weighted by Crippen LogP contribution is -2.36. The number of phenols is 1. The number of halogens is 2. The molecular weight excluding hydrogens is 423 g/mol. The molecule has 28 heavy (non-hydrogen) atoms. The van der Waals surface area contributed by atoms with E-state index in [-0.39, 0.29) is 20.7 Å². The highest BCUT2D eigenvalue weighted by atomic mass is 35.5. The molecule has 1 saturated heterocycles. The molecule has 144 valence electrons. The maximum absolute atomic E-state index is 12.5. The minimum atomic E-state index is -0.589. The number of aromatic hydroxyl groups is 1. The number of hydrogen-bond donors (Lipinski definition) is 2. The molecule has 0 aliphatic carbocycles. The van der Waals surface area contributed by atoms with Gasteiger partial charge in [-0.1, -0.05) is 40.9 Å². The summed E-state index contributed by atoms with van der Waals surface area (Å²) in [6.07, 6.45) is 1.43. The summed E-state index contributed by atoms with van der Waals surface area (Å²) in [6, 6.07) is 9.99. The Kier molecular flexibility index (Phi) is 5.98. The number of phenolic OH excluding ortho intramolecular Hbond substituents is 1. The van der Waals surface area contributed by atoms with E-state index in [0.717, 1.165) is 10.5 Å². The first-order valence-electron chi connectivity index (χ1n) is 8.04. The van der Waals surface area contributed by atoms with Crippen LogP contribution in [0.4, 0.5) is 10.5 Å². The number of anilines is 1. The number of benzene rings is 2. The molecule has 1 aliphatic heterocycles. The molecular formula is C19H14Cl2N2O4S. The van der Waals surface area contributed by atoms with E-state index in [1.807, 2.05) is 19.1 Å². The zero-order valence-corrected chi connectivity index (χ0v) is 16.9. The number of carbonyl (C=O) groups is 3. The van der Waals surface area contributed by atoms with Crippen molar-refractivity contribution >= 4 is 63.8 Å². The lowest BCUT2D eigenvalue weighted by Gasteiger charge is -2.12. The lowest BCUT2D eigenvalue weighted by atomic mass is 10.2. The molecule has 0 bridgehead atoms. The van der Waals surface area contributed by atoms with Crippen molar-refractivity contribution in [2.75, 3.05) is 11.9 Å². The van der Waals surface area contributed by atoms with Crippen LogP contribution in [0.2, 0.25) is 10.0 Å². The first-order valence-corrected chi connectivity index (χ1v) is 9.62. The largest absolute Gasteiger partial charge is 0.505 e. The Morgan fingerprint density at radius 3 is 2.39 bits per heavy atom. The third-order valence-electron chi connectivity index (χ3n) is 3.85. The van der Waals surface area contributed by atoms with Gasteiger partial charge in [-0.3, -0.25) is 19.3 Å². The van der Waals surface area contributed by atoms with Crippen LogP contribution in [-0.4, -0.2) is 33.6 Å². The number of hydrogen-bond acceptors (Lipinski definition) is 5. The highest BCUT2D eigenvalue weighted by Gasteiger charge is 2.36. The number of amides is 3. The van der Waals surface area contributed by atoms with Crippen LogP contribution in [0.15, 0.2) is 41.3 Å². The summed E-state index contributed by atoms with van der Waals surface area (Å²) < 4.78 is 0. The summed E-state index contributed by atoms with van der Waals surface area (Å²) in [7, 11) is 0. The molecule has 0 radical (unpaired) electrons. The minimum absolute atomic E-state index is 0.0236. The molecule has 1 fully saturated rings. The molecule has 0 saturated carbocycles. The summed E-state index contributed by atoms with van der Waals surface area (Å²) in [5, 5.41) is 11.7. The smallest absolute Gasteiger partial charge is 0.294 e. The van der Waals surface area contributed by atoms with E-state index in [0.29, 0.717) is 23.0 Å². The van der Waals surface area contributed by atoms with Crippen molar-refractivity contribution in [1.82, 2.24) is 4.90 Å². The average Bonchev–Trinajstić information content (AvgIpc) is 2.89. The quantitative estimate of drug-likeness (QED) is 0.679. The molecule has 2 aromatic carbocycles. The standard InChI is InChI=1S/C19H14Cl2N2O4S/c1-10-2-4-12(5-3-10)22-16(24)9-23-18(26)15(28-19(23)27)8-11-6-13(20)17(25)14(21)7-11/h2-8,25H,9H2,1H3,(H,22,24). The van der Waals surface area contributed by atoms with E-state index in [2.05, 4.69) is 5.32 Å². The van der Waals surface area contributed by atoms with Crippen LogP contribution in [0.3, 0.4) is 0 Å². The highest BCUT2D eigenvalue weighted by molar-refractivity contribution is 8.18. The molecule has 3 rings (SSSR count). The third-order valence-corrected chi connectivity index (χ3v) is 5.33. The maximum atomic E-state index is 12.5. The molecule has 0 spiro atoms. The predicted octanol–water partition coefficient (Wildman–Crippen LogP) is 4.68. The molecule has 2 N–H and O–H groups in total. The second-order valence-electron chi connectivity index (χ2n) is 6.02. The monoisotopic (exact) mass is 436 g/mol. The van der Waals surface area contributed by atoms with Crippen molar-refractivity contribution < 1.29 is 19.5 Å². The van der Waals surface area contributed by atoms with Crippen molar-refractivity contribution in [1.29, 1.82) is 0 Å². The normalized spacial score (nSPS) is 15.4. The molecule has 6 nitrogen and oxygen atoms in total. The van der Waals surface area contributed by atoms with Crippen molar-refractivity contribution in [2.45, 2.75) is 6.92 Å². The van der Waals surface area contributed by atoms with E-state index in [1.54, 1.807) is 12.1 Å². The fraction of sp³-hybridized carbons (Fsp3) is 0.105. The number of nitrogens with one attached hydrogen (secondary N) is 1. The summed E-state index contributed by atoms with van der Waals surface area (Å²) >= 11 is 12.4. The van der Waals surface area contributed by atoms with Gasteiger partial charge in [-0.25, -0.2) is 0 Å². The molecule has 3 amide bonds. The Morgan fingerprint density at radius 2 is 1.79 bits per heavy atom. The Bertz CT molecular complexity index is 982.